The lowest BCUT2D eigenvalue weighted by atomic mass is 9.97. The molecule has 0 spiro atoms. The number of hydrogen-bond acceptors (Lipinski definition) is 3. The van der Waals surface area contributed by atoms with E-state index in [4.69, 9.17) is 5.11 Å². The van der Waals surface area contributed by atoms with Gasteiger partial charge in [0, 0.05) is 5.56 Å². The second kappa shape index (κ2) is 5.48. The number of alkyl halides is 3. The lowest BCUT2D eigenvalue weighted by Gasteiger charge is -2.16. The zero-order valence-corrected chi connectivity index (χ0v) is 10.5. The van der Waals surface area contributed by atoms with Gasteiger partial charge in [-0.25, -0.2) is 0 Å². The number of carboxylic acids is 1. The molecule has 1 atom stereocenters. The van der Waals surface area contributed by atoms with E-state index >= 15 is 0 Å². The van der Waals surface area contributed by atoms with Crippen molar-refractivity contribution >= 4 is 28.8 Å². The molecular weight excluding hydrogens is 281 g/mol. The number of carbonyl (C=O) groups is 2. The van der Waals surface area contributed by atoms with Crippen LogP contribution in [0.3, 0.4) is 0 Å². The summed E-state index contributed by atoms with van der Waals surface area (Å²) in [5.41, 5.74) is 0.749. The molecule has 1 aromatic rings. The van der Waals surface area contributed by atoms with Gasteiger partial charge in [0.25, 0.3) is 0 Å². The maximum atomic E-state index is 12.5. The topological polar surface area (TPSA) is 54.4 Å². The predicted octanol–water partition coefficient (Wildman–Crippen LogP) is 2.81. The van der Waals surface area contributed by atoms with Crippen LogP contribution in [0.25, 0.3) is 0 Å². The molecule has 0 aliphatic carbocycles. The Morgan fingerprint density at radius 2 is 1.68 bits per heavy atom. The van der Waals surface area contributed by atoms with Crippen molar-refractivity contribution in [3.63, 3.8) is 0 Å². The van der Waals surface area contributed by atoms with E-state index < -0.39 is 28.7 Å². The molecule has 0 saturated carbocycles. The molecule has 0 aliphatic rings. The minimum absolute atomic E-state index is 0.0638. The molecule has 0 aromatic heterocycles. The van der Waals surface area contributed by atoms with Gasteiger partial charge in [-0.05, 0) is 6.92 Å². The number of benzene rings is 1. The maximum Gasteiger partial charge on any atom is 0.407 e. The Kier molecular flexibility index (Phi) is 4.41. The molecule has 0 aliphatic heterocycles. The molecule has 0 heterocycles. The van der Waals surface area contributed by atoms with Crippen molar-refractivity contribution in [2.75, 3.05) is 0 Å². The van der Waals surface area contributed by atoms with E-state index in [2.05, 4.69) is 12.2 Å². The van der Waals surface area contributed by atoms with E-state index in [1.807, 2.05) is 0 Å². The third-order valence-corrected chi connectivity index (χ3v) is 2.80. The van der Waals surface area contributed by atoms with Crippen molar-refractivity contribution in [3.8, 4) is 0 Å². The highest BCUT2D eigenvalue weighted by molar-refractivity contribution is 7.82. The summed E-state index contributed by atoms with van der Waals surface area (Å²) in [6.07, 6.45) is -5.09. The number of hydrogen-bond donors (Lipinski definition) is 1. The Bertz CT molecular complexity index is 520. The van der Waals surface area contributed by atoms with Crippen molar-refractivity contribution < 1.29 is 27.9 Å². The molecule has 102 valence electrons. The van der Waals surface area contributed by atoms with Crippen LogP contribution in [0.2, 0.25) is 0 Å². The van der Waals surface area contributed by atoms with E-state index in [-0.39, 0.29) is 5.56 Å². The van der Waals surface area contributed by atoms with E-state index in [1.54, 1.807) is 6.92 Å². The third kappa shape index (κ3) is 3.60. The molecule has 1 N–H and O–H groups in total. The molecule has 19 heavy (non-hydrogen) atoms. The summed E-state index contributed by atoms with van der Waals surface area (Å²) >= 11 is 4.39. The average molecular weight is 290 g/mol. The summed E-state index contributed by atoms with van der Waals surface area (Å²) in [6, 6.07) is 5.66. The fourth-order valence-electron chi connectivity index (χ4n) is 1.38. The van der Waals surface area contributed by atoms with Gasteiger partial charge in [-0.3, -0.25) is 9.59 Å². The molecule has 7 heteroatoms. The second-order valence-corrected chi connectivity index (χ2v) is 4.31. The Balaban J connectivity index is 3.08. The first-order valence-corrected chi connectivity index (χ1v) is 5.50. The zero-order chi connectivity index (χ0) is 14.8. The normalized spacial score (nSPS) is 12.8. The number of halogens is 3. The van der Waals surface area contributed by atoms with Gasteiger partial charge in [-0.2, -0.15) is 13.2 Å². The fraction of sp³-hybridized carbons (Fsp3) is 0.250. The van der Waals surface area contributed by atoms with Crippen molar-refractivity contribution in [2.45, 2.75) is 13.1 Å². The minimum Gasteiger partial charge on any atom is -0.481 e. The number of aliphatic carboxylic acids is 1. The summed E-state index contributed by atoms with van der Waals surface area (Å²) in [4.78, 5) is 21.2. The Morgan fingerprint density at radius 3 is 2.05 bits per heavy atom. The van der Waals surface area contributed by atoms with Gasteiger partial charge in [-0.15, -0.1) is 0 Å². The van der Waals surface area contributed by atoms with Gasteiger partial charge >= 0.3 is 12.1 Å². The molecule has 0 fully saturated rings. The molecule has 1 aromatic carbocycles. The van der Waals surface area contributed by atoms with Gasteiger partial charge in [0.15, 0.2) is 5.92 Å². The molecule has 0 amide bonds. The molecule has 1 unspecified atom stereocenters. The lowest BCUT2D eigenvalue weighted by Crippen LogP contribution is -2.40. The van der Waals surface area contributed by atoms with Crippen LogP contribution in [-0.4, -0.2) is 27.9 Å². The highest BCUT2D eigenvalue weighted by atomic mass is 32.1. The summed E-state index contributed by atoms with van der Waals surface area (Å²) in [6.45, 7) is 1.74. The van der Waals surface area contributed by atoms with Crippen LogP contribution < -0.4 is 0 Å². The zero-order valence-electron chi connectivity index (χ0n) is 9.69. The molecular formula is C12H9F3O3S. The Hall–Kier alpha value is -1.76. The van der Waals surface area contributed by atoms with E-state index in [9.17, 15) is 22.8 Å². The Morgan fingerprint density at radius 1 is 1.21 bits per heavy atom. The molecule has 3 nitrogen and oxygen atoms in total. The Labute approximate surface area is 112 Å². The summed E-state index contributed by atoms with van der Waals surface area (Å²) in [5.74, 6) is -6.24. The monoisotopic (exact) mass is 290 g/mol. The van der Waals surface area contributed by atoms with E-state index in [1.165, 1.54) is 24.3 Å². The minimum atomic E-state index is -5.09. The molecule has 1 rings (SSSR count). The number of thiocarbonyl (C=S) groups is 1. The quantitative estimate of drug-likeness (QED) is 0.684. The standard InChI is InChI=1S/C12H9F3O3S/c1-6-2-4-7(5-3-6)9(16)10(19)8(11(17)18)12(13,14)15/h2-5,8H,1H3,(H,17,18). The van der Waals surface area contributed by atoms with Crippen LogP contribution in [-0.2, 0) is 4.79 Å². The number of carboxylic acid groups (broad SMARTS) is 1. The van der Waals surface area contributed by atoms with Gasteiger partial charge < -0.3 is 5.11 Å². The number of carbonyl (C=O) groups excluding carboxylic acids is 1. The lowest BCUT2D eigenvalue weighted by molar-refractivity contribution is -0.179. The van der Waals surface area contributed by atoms with E-state index in [0.717, 1.165) is 5.56 Å². The van der Waals surface area contributed by atoms with Crippen molar-refractivity contribution in [1.29, 1.82) is 0 Å². The number of rotatable bonds is 4. The highest BCUT2D eigenvalue weighted by Gasteiger charge is 2.49. The summed E-state index contributed by atoms with van der Waals surface area (Å²) in [7, 11) is 0. The number of ketones is 1. The number of aryl methyl sites for hydroxylation is 1. The predicted molar refractivity (Wildman–Crippen MR) is 65.3 cm³/mol. The smallest absolute Gasteiger partial charge is 0.407 e. The molecule has 0 radical (unpaired) electrons. The highest BCUT2D eigenvalue weighted by Crippen LogP contribution is 2.29. The van der Waals surface area contributed by atoms with Gasteiger partial charge in [0.05, 0.1) is 4.86 Å². The second-order valence-electron chi connectivity index (χ2n) is 3.87. The fourth-order valence-corrected chi connectivity index (χ4v) is 1.73. The van der Waals surface area contributed by atoms with Crippen LogP contribution in [0.15, 0.2) is 24.3 Å². The maximum absolute atomic E-state index is 12.5. The van der Waals surface area contributed by atoms with Crippen LogP contribution in [0, 0.1) is 12.8 Å². The van der Waals surface area contributed by atoms with Crippen LogP contribution in [0.5, 0.6) is 0 Å². The largest absolute Gasteiger partial charge is 0.481 e. The first kappa shape index (κ1) is 15.3. The van der Waals surface area contributed by atoms with Gasteiger partial charge in [0.1, 0.15) is 0 Å². The van der Waals surface area contributed by atoms with Crippen molar-refractivity contribution in [2.24, 2.45) is 5.92 Å². The van der Waals surface area contributed by atoms with Gasteiger partial charge in [-0.1, -0.05) is 42.0 Å². The third-order valence-electron chi connectivity index (χ3n) is 2.37. The van der Waals surface area contributed by atoms with Crippen molar-refractivity contribution in [1.82, 2.24) is 0 Å². The number of Topliss-reactive ketones (excluding diaryl/α,β-unsaturated/α-hetero) is 1. The SMILES string of the molecule is Cc1ccc(C(=O)C(=S)C(C(=O)O)C(F)(F)F)cc1. The van der Waals surface area contributed by atoms with Crippen LogP contribution >= 0.6 is 12.2 Å². The van der Waals surface area contributed by atoms with Crippen LogP contribution in [0.4, 0.5) is 13.2 Å². The van der Waals surface area contributed by atoms with Gasteiger partial charge in [0.2, 0.25) is 5.78 Å². The first-order chi connectivity index (χ1) is 8.64. The molecule has 0 bridgehead atoms. The summed E-state index contributed by atoms with van der Waals surface area (Å²) < 4.78 is 37.6. The van der Waals surface area contributed by atoms with Crippen molar-refractivity contribution in [3.05, 3.63) is 35.4 Å². The van der Waals surface area contributed by atoms with Crippen LogP contribution in [0.1, 0.15) is 15.9 Å². The first-order valence-electron chi connectivity index (χ1n) is 5.09. The van der Waals surface area contributed by atoms with E-state index in [0.29, 0.717) is 0 Å². The average Bonchev–Trinajstić information content (AvgIpc) is 2.26. The summed E-state index contributed by atoms with van der Waals surface area (Å²) in [5, 5.41) is 8.56. The molecule has 0 saturated heterocycles.